The first kappa shape index (κ1) is 19.5. The van der Waals surface area contributed by atoms with Gasteiger partial charge in [0.1, 0.15) is 5.82 Å². The molecule has 23 heavy (non-hydrogen) atoms. The Morgan fingerprint density at radius 2 is 1.96 bits per heavy atom. The molecule has 6 nitrogen and oxygen atoms in total. The number of hydrogen-bond donors (Lipinski definition) is 1. The highest BCUT2D eigenvalue weighted by atomic mass is 32.2. The largest absolute Gasteiger partial charge is 0.383 e. The van der Waals surface area contributed by atoms with Crippen LogP contribution in [0, 0.1) is 5.82 Å². The van der Waals surface area contributed by atoms with Crippen molar-refractivity contribution in [2.24, 2.45) is 0 Å². The van der Waals surface area contributed by atoms with Gasteiger partial charge in [-0.15, -0.1) is 0 Å². The maximum Gasteiger partial charge on any atom is 0.254 e. The Balaban J connectivity index is 3.15. The van der Waals surface area contributed by atoms with Crippen LogP contribution in [0.2, 0.25) is 0 Å². The van der Waals surface area contributed by atoms with Gasteiger partial charge in [0.25, 0.3) is 5.91 Å². The minimum Gasteiger partial charge on any atom is -0.383 e. The molecule has 130 valence electrons. The van der Waals surface area contributed by atoms with E-state index in [2.05, 4.69) is 5.32 Å². The van der Waals surface area contributed by atoms with Crippen LogP contribution in [0.4, 0.5) is 4.39 Å². The molecule has 0 spiro atoms. The summed E-state index contributed by atoms with van der Waals surface area (Å²) in [6.07, 6.45) is 0. The zero-order valence-corrected chi connectivity index (χ0v) is 14.6. The molecule has 0 aromatic heterocycles. The molecule has 0 aliphatic rings. The number of carbonyl (C=O) groups is 1. The van der Waals surface area contributed by atoms with Crippen LogP contribution in [0.3, 0.4) is 0 Å². The van der Waals surface area contributed by atoms with E-state index in [1.165, 1.54) is 17.5 Å². The third-order valence-electron chi connectivity index (χ3n) is 3.32. The predicted octanol–water partition coefficient (Wildman–Crippen LogP) is 1.62. The second-order valence-electron chi connectivity index (χ2n) is 5.06. The van der Waals surface area contributed by atoms with E-state index in [1.807, 2.05) is 0 Å². The van der Waals surface area contributed by atoms with Crippen LogP contribution >= 0.6 is 0 Å². The summed E-state index contributed by atoms with van der Waals surface area (Å²) in [5, 5.41) is 2.56. The molecule has 0 fully saturated rings. The van der Waals surface area contributed by atoms with E-state index in [4.69, 9.17) is 4.74 Å². The van der Waals surface area contributed by atoms with Crippen LogP contribution in [-0.2, 0) is 14.8 Å². The Bertz CT molecular complexity index is 645. The molecule has 0 heterocycles. The van der Waals surface area contributed by atoms with Crippen molar-refractivity contribution in [3.63, 3.8) is 0 Å². The predicted molar refractivity (Wildman–Crippen MR) is 85.3 cm³/mol. The first-order valence-electron chi connectivity index (χ1n) is 7.37. The Morgan fingerprint density at radius 1 is 1.35 bits per heavy atom. The van der Waals surface area contributed by atoms with Gasteiger partial charge in [-0.2, -0.15) is 4.31 Å². The van der Waals surface area contributed by atoms with Crippen molar-refractivity contribution in [2.75, 3.05) is 26.8 Å². The van der Waals surface area contributed by atoms with Crippen molar-refractivity contribution in [2.45, 2.75) is 31.7 Å². The number of hydrogen-bond acceptors (Lipinski definition) is 4. The third kappa shape index (κ3) is 4.73. The van der Waals surface area contributed by atoms with Gasteiger partial charge in [0, 0.05) is 26.2 Å². The Hall–Kier alpha value is -1.51. The molecule has 1 N–H and O–H groups in total. The van der Waals surface area contributed by atoms with Crippen LogP contribution in [0.1, 0.15) is 31.1 Å². The highest BCUT2D eigenvalue weighted by molar-refractivity contribution is 7.89. The number of carbonyl (C=O) groups excluding carboxylic acids is 1. The number of nitrogens with one attached hydrogen (secondary N) is 1. The number of amides is 1. The Labute approximate surface area is 136 Å². The number of methoxy groups -OCH3 is 1. The quantitative estimate of drug-likeness (QED) is 0.776. The van der Waals surface area contributed by atoms with Crippen molar-refractivity contribution < 1.29 is 22.3 Å². The Kier molecular flexibility index (Phi) is 7.11. The van der Waals surface area contributed by atoms with Crippen LogP contribution in [0.5, 0.6) is 0 Å². The van der Waals surface area contributed by atoms with Gasteiger partial charge in [-0.3, -0.25) is 4.79 Å². The molecule has 1 aromatic carbocycles. The first-order chi connectivity index (χ1) is 10.8. The van der Waals surface area contributed by atoms with E-state index >= 15 is 0 Å². The fraction of sp³-hybridized carbons (Fsp3) is 0.533. The molecule has 0 aliphatic heterocycles. The summed E-state index contributed by atoms with van der Waals surface area (Å²) in [4.78, 5) is 12.0. The fourth-order valence-corrected chi connectivity index (χ4v) is 3.63. The molecule has 1 aromatic rings. The molecule has 1 unspecified atom stereocenters. The number of ether oxygens (including phenoxy) is 1. The van der Waals surface area contributed by atoms with E-state index < -0.39 is 21.7 Å². The van der Waals surface area contributed by atoms with Crippen molar-refractivity contribution in [1.82, 2.24) is 9.62 Å². The first-order valence-corrected chi connectivity index (χ1v) is 8.81. The molecule has 1 atom stereocenters. The summed E-state index contributed by atoms with van der Waals surface area (Å²) >= 11 is 0. The number of sulfonamides is 1. The van der Waals surface area contributed by atoms with Gasteiger partial charge in [-0.05, 0) is 25.1 Å². The highest BCUT2D eigenvalue weighted by Crippen LogP contribution is 2.19. The average molecular weight is 346 g/mol. The van der Waals surface area contributed by atoms with Gasteiger partial charge < -0.3 is 10.1 Å². The minimum absolute atomic E-state index is 0.104. The van der Waals surface area contributed by atoms with Crippen molar-refractivity contribution in [3.8, 4) is 0 Å². The molecule has 0 saturated heterocycles. The minimum atomic E-state index is -3.75. The van der Waals surface area contributed by atoms with Crippen LogP contribution in [-0.4, -0.2) is 51.5 Å². The van der Waals surface area contributed by atoms with Gasteiger partial charge in [-0.25, -0.2) is 12.8 Å². The van der Waals surface area contributed by atoms with E-state index in [9.17, 15) is 17.6 Å². The normalized spacial score (nSPS) is 13.1. The van der Waals surface area contributed by atoms with E-state index in [1.54, 1.807) is 20.8 Å². The fourth-order valence-electron chi connectivity index (χ4n) is 2.14. The number of halogens is 1. The molecule has 1 rings (SSSR count). The van der Waals surface area contributed by atoms with E-state index in [0.717, 1.165) is 12.1 Å². The molecule has 1 amide bonds. The summed E-state index contributed by atoms with van der Waals surface area (Å²) in [7, 11) is -2.26. The lowest BCUT2D eigenvalue weighted by Gasteiger charge is -2.19. The summed E-state index contributed by atoms with van der Waals surface area (Å²) in [6, 6.07) is 2.90. The maximum atomic E-state index is 13.9. The van der Waals surface area contributed by atoms with Gasteiger partial charge in [0.2, 0.25) is 10.0 Å². The topological polar surface area (TPSA) is 75.7 Å². The van der Waals surface area contributed by atoms with E-state index in [-0.39, 0.29) is 23.1 Å². The van der Waals surface area contributed by atoms with Gasteiger partial charge in [0.15, 0.2) is 0 Å². The third-order valence-corrected chi connectivity index (χ3v) is 5.37. The molecule has 0 bridgehead atoms. The van der Waals surface area contributed by atoms with E-state index in [0.29, 0.717) is 13.1 Å². The number of rotatable bonds is 8. The van der Waals surface area contributed by atoms with Gasteiger partial charge >= 0.3 is 0 Å². The maximum absolute atomic E-state index is 13.9. The lowest BCUT2D eigenvalue weighted by atomic mass is 10.2. The summed E-state index contributed by atoms with van der Waals surface area (Å²) in [6.45, 7) is 5.99. The van der Waals surface area contributed by atoms with Gasteiger partial charge in [-0.1, -0.05) is 13.8 Å². The highest BCUT2D eigenvalue weighted by Gasteiger charge is 2.24. The lowest BCUT2D eigenvalue weighted by Crippen LogP contribution is -2.36. The standard InChI is InChI=1S/C15H23FN2O4S/c1-5-18(6-2)23(20,21)12-7-8-14(16)13(9-12)15(19)17-11(3)10-22-4/h7-9,11H,5-6,10H2,1-4H3,(H,17,19). The van der Waals surface area contributed by atoms with Crippen molar-refractivity contribution in [1.29, 1.82) is 0 Å². The number of nitrogens with zero attached hydrogens (tertiary/aromatic N) is 1. The lowest BCUT2D eigenvalue weighted by molar-refractivity contribution is 0.0901. The van der Waals surface area contributed by atoms with Crippen LogP contribution < -0.4 is 5.32 Å². The van der Waals surface area contributed by atoms with Gasteiger partial charge in [0.05, 0.1) is 17.1 Å². The molecular weight excluding hydrogens is 323 g/mol. The smallest absolute Gasteiger partial charge is 0.254 e. The second kappa shape index (κ2) is 8.37. The molecule has 0 radical (unpaired) electrons. The molecule has 8 heteroatoms. The van der Waals surface area contributed by atoms with Crippen molar-refractivity contribution in [3.05, 3.63) is 29.6 Å². The Morgan fingerprint density at radius 3 is 2.48 bits per heavy atom. The summed E-state index contributed by atoms with van der Waals surface area (Å²) in [5.41, 5.74) is -0.304. The van der Waals surface area contributed by atoms with Crippen molar-refractivity contribution >= 4 is 15.9 Å². The zero-order valence-electron chi connectivity index (χ0n) is 13.8. The second-order valence-corrected chi connectivity index (χ2v) is 7.00. The summed E-state index contributed by atoms with van der Waals surface area (Å²) < 4.78 is 45.0. The number of benzene rings is 1. The van der Waals surface area contributed by atoms with Crippen LogP contribution in [0.15, 0.2) is 23.1 Å². The molecule has 0 aliphatic carbocycles. The zero-order chi connectivity index (χ0) is 17.6. The molecular formula is C15H23FN2O4S. The van der Waals surface area contributed by atoms with Crippen LogP contribution in [0.25, 0.3) is 0 Å². The molecule has 0 saturated carbocycles. The SMILES string of the molecule is CCN(CC)S(=O)(=O)c1ccc(F)c(C(=O)NC(C)COC)c1. The average Bonchev–Trinajstić information content (AvgIpc) is 2.48. The summed E-state index contributed by atoms with van der Waals surface area (Å²) in [5.74, 6) is -1.45. The monoisotopic (exact) mass is 346 g/mol.